The van der Waals surface area contributed by atoms with Gasteiger partial charge in [-0.15, -0.1) is 5.10 Å². The topological polar surface area (TPSA) is 89.9 Å². The Morgan fingerprint density at radius 1 is 1.18 bits per heavy atom. The monoisotopic (exact) mass is 386 g/mol. The molecule has 3 heterocycles. The number of carbonyl (C=O) groups excluding carboxylic acids is 1. The second-order valence-electron chi connectivity index (χ2n) is 7.14. The van der Waals surface area contributed by atoms with Crippen molar-refractivity contribution < 1.29 is 18.1 Å². The molecule has 1 amide bonds. The van der Waals surface area contributed by atoms with E-state index in [0.29, 0.717) is 42.8 Å². The fourth-order valence-electron chi connectivity index (χ4n) is 3.35. The zero-order valence-corrected chi connectivity index (χ0v) is 14.8. The molecule has 2 aliphatic rings. The number of amides is 1. The second kappa shape index (κ2) is 6.47. The third-order valence-corrected chi connectivity index (χ3v) is 5.10. The first-order valence-electron chi connectivity index (χ1n) is 9.08. The van der Waals surface area contributed by atoms with E-state index >= 15 is 0 Å². The Labute approximate surface area is 158 Å². The molecule has 1 aliphatic carbocycles. The minimum absolute atomic E-state index is 0.0682. The van der Waals surface area contributed by atoms with Gasteiger partial charge in [-0.2, -0.15) is 4.98 Å². The van der Waals surface area contributed by atoms with Crippen LogP contribution in [0.5, 0.6) is 0 Å². The van der Waals surface area contributed by atoms with Crippen LogP contribution in [-0.2, 0) is 0 Å². The van der Waals surface area contributed by atoms with Gasteiger partial charge in [0, 0.05) is 24.6 Å². The van der Waals surface area contributed by atoms with E-state index in [-0.39, 0.29) is 17.5 Å². The van der Waals surface area contributed by atoms with Crippen LogP contribution in [0.1, 0.15) is 47.4 Å². The van der Waals surface area contributed by atoms with Gasteiger partial charge in [-0.1, -0.05) is 10.4 Å². The number of likely N-dealkylation sites (tertiary alicyclic amines) is 1. The Morgan fingerprint density at radius 2 is 2.04 bits per heavy atom. The van der Waals surface area contributed by atoms with Crippen molar-refractivity contribution in [2.75, 3.05) is 13.1 Å². The number of hydrogen-bond acceptors (Lipinski definition) is 6. The molecule has 0 N–H and O–H groups in total. The lowest BCUT2D eigenvalue weighted by molar-refractivity contribution is 0.0786. The Bertz CT molecular complexity index is 1040. The summed E-state index contributed by atoms with van der Waals surface area (Å²) >= 11 is 0. The largest absolute Gasteiger partial charge is 0.336 e. The summed E-state index contributed by atoms with van der Waals surface area (Å²) in [5, 5.41) is 12.2. The number of nitrogens with zero attached hydrogens (tertiary/aromatic N) is 6. The number of aromatic nitrogens is 5. The lowest BCUT2D eigenvalue weighted by Crippen LogP contribution is -2.29. The van der Waals surface area contributed by atoms with Gasteiger partial charge in [-0.3, -0.25) is 4.79 Å². The van der Waals surface area contributed by atoms with Crippen molar-refractivity contribution >= 4 is 5.91 Å². The third kappa shape index (κ3) is 3.04. The summed E-state index contributed by atoms with van der Waals surface area (Å²) in [5.74, 6) is -0.926. The van der Waals surface area contributed by atoms with Crippen molar-refractivity contribution in [2.24, 2.45) is 0 Å². The zero-order valence-electron chi connectivity index (χ0n) is 14.8. The molecule has 5 rings (SSSR count). The molecule has 2 aromatic heterocycles. The fourth-order valence-corrected chi connectivity index (χ4v) is 3.35. The Morgan fingerprint density at radius 3 is 2.82 bits per heavy atom. The first kappa shape index (κ1) is 17.0. The molecular formula is C18H16F2N6O2. The number of halogens is 2. The summed E-state index contributed by atoms with van der Waals surface area (Å²) in [5.41, 5.74) is 0.613. The average Bonchev–Trinajstić information content (AvgIpc) is 3.12. The quantitative estimate of drug-likeness (QED) is 0.685. The van der Waals surface area contributed by atoms with Crippen LogP contribution in [-0.4, -0.2) is 49.0 Å². The van der Waals surface area contributed by atoms with Crippen LogP contribution < -0.4 is 0 Å². The van der Waals surface area contributed by atoms with Crippen LogP contribution in [0.15, 0.2) is 28.9 Å². The first-order valence-corrected chi connectivity index (χ1v) is 9.08. The lowest BCUT2D eigenvalue weighted by atomic mass is 10.2. The highest BCUT2D eigenvalue weighted by atomic mass is 19.2. The lowest BCUT2D eigenvalue weighted by Gasteiger charge is -2.16. The maximum absolute atomic E-state index is 13.4. The van der Waals surface area contributed by atoms with Crippen molar-refractivity contribution in [3.8, 4) is 11.6 Å². The summed E-state index contributed by atoms with van der Waals surface area (Å²) in [4.78, 5) is 18.5. The summed E-state index contributed by atoms with van der Waals surface area (Å²) in [7, 11) is 0. The average molecular weight is 386 g/mol. The Balaban J connectivity index is 1.28. The fraction of sp³-hybridized carbons (Fsp3) is 0.389. The summed E-state index contributed by atoms with van der Waals surface area (Å²) in [6, 6.07) is 3.10. The molecule has 0 bridgehead atoms. The van der Waals surface area contributed by atoms with Crippen molar-refractivity contribution in [3.63, 3.8) is 0 Å². The number of rotatable bonds is 4. The van der Waals surface area contributed by atoms with Crippen LogP contribution in [0.4, 0.5) is 8.78 Å². The third-order valence-electron chi connectivity index (χ3n) is 5.10. The summed E-state index contributed by atoms with van der Waals surface area (Å²) in [6.45, 7) is 0.891. The van der Waals surface area contributed by atoms with Gasteiger partial charge in [0.1, 0.15) is 0 Å². The van der Waals surface area contributed by atoms with Gasteiger partial charge in [0.25, 0.3) is 11.8 Å². The SMILES string of the molecule is O=C(c1ccc(F)c(F)c1)N1CC[C@@H](n2cc(-c3nc(C4CC4)no3)nn2)C1. The molecule has 1 saturated heterocycles. The predicted octanol–water partition coefficient (Wildman–Crippen LogP) is 2.57. The number of hydrogen-bond donors (Lipinski definition) is 0. The molecule has 1 saturated carbocycles. The predicted molar refractivity (Wildman–Crippen MR) is 91.2 cm³/mol. The van der Waals surface area contributed by atoms with Crippen LogP contribution in [0, 0.1) is 11.6 Å². The molecule has 144 valence electrons. The normalized spacial score (nSPS) is 19.4. The minimum Gasteiger partial charge on any atom is -0.336 e. The van der Waals surface area contributed by atoms with Crippen molar-refractivity contribution in [2.45, 2.75) is 31.2 Å². The molecule has 0 spiro atoms. The van der Waals surface area contributed by atoms with E-state index in [1.54, 1.807) is 15.8 Å². The highest BCUT2D eigenvalue weighted by molar-refractivity contribution is 5.94. The van der Waals surface area contributed by atoms with E-state index in [0.717, 1.165) is 25.0 Å². The highest BCUT2D eigenvalue weighted by Gasteiger charge is 2.31. The maximum atomic E-state index is 13.4. The van der Waals surface area contributed by atoms with Gasteiger partial charge in [0.15, 0.2) is 23.2 Å². The van der Waals surface area contributed by atoms with E-state index in [1.807, 2.05) is 0 Å². The van der Waals surface area contributed by atoms with Crippen LogP contribution >= 0.6 is 0 Å². The van der Waals surface area contributed by atoms with Gasteiger partial charge in [-0.25, -0.2) is 13.5 Å². The highest BCUT2D eigenvalue weighted by Crippen LogP contribution is 2.38. The Kier molecular flexibility index (Phi) is 3.92. The van der Waals surface area contributed by atoms with E-state index in [2.05, 4.69) is 20.5 Å². The minimum atomic E-state index is -1.03. The van der Waals surface area contributed by atoms with E-state index in [1.165, 1.54) is 6.07 Å². The van der Waals surface area contributed by atoms with E-state index in [9.17, 15) is 13.6 Å². The van der Waals surface area contributed by atoms with Gasteiger partial charge >= 0.3 is 0 Å². The standard InChI is InChI=1S/C18H16F2N6O2/c19-13-4-3-11(7-14(13)20)18(27)25-6-5-12(8-25)26-9-15(22-24-26)17-21-16(23-28-17)10-1-2-10/h3-4,7,9-10,12H,1-2,5-6,8H2/t12-/m1/s1. The smallest absolute Gasteiger partial charge is 0.280 e. The van der Waals surface area contributed by atoms with Gasteiger partial charge in [-0.05, 0) is 37.5 Å². The number of benzene rings is 1. The van der Waals surface area contributed by atoms with Gasteiger partial charge < -0.3 is 9.42 Å². The first-order chi connectivity index (χ1) is 13.6. The molecule has 2 fully saturated rings. The zero-order chi connectivity index (χ0) is 19.3. The molecule has 0 radical (unpaired) electrons. The molecule has 1 aliphatic heterocycles. The molecule has 28 heavy (non-hydrogen) atoms. The summed E-state index contributed by atoms with van der Waals surface area (Å²) in [6.07, 6.45) is 4.56. The van der Waals surface area contributed by atoms with Gasteiger partial charge in [0.2, 0.25) is 0 Å². The van der Waals surface area contributed by atoms with Crippen molar-refractivity contribution in [3.05, 3.63) is 47.4 Å². The molecule has 8 nitrogen and oxygen atoms in total. The summed E-state index contributed by atoms with van der Waals surface area (Å²) < 4.78 is 33.4. The molecule has 1 aromatic carbocycles. The van der Waals surface area contributed by atoms with Crippen molar-refractivity contribution in [1.29, 1.82) is 0 Å². The maximum Gasteiger partial charge on any atom is 0.280 e. The number of carbonyl (C=O) groups is 1. The van der Waals surface area contributed by atoms with Gasteiger partial charge in [0.05, 0.1) is 12.2 Å². The van der Waals surface area contributed by atoms with Crippen LogP contribution in [0.2, 0.25) is 0 Å². The van der Waals surface area contributed by atoms with E-state index in [4.69, 9.17) is 4.52 Å². The Hall–Kier alpha value is -3.17. The molecule has 10 heteroatoms. The van der Waals surface area contributed by atoms with E-state index < -0.39 is 11.6 Å². The molecular weight excluding hydrogens is 370 g/mol. The molecule has 1 atom stereocenters. The molecule has 0 unspecified atom stereocenters. The van der Waals surface area contributed by atoms with Crippen LogP contribution in [0.3, 0.4) is 0 Å². The second-order valence-corrected chi connectivity index (χ2v) is 7.14. The molecule has 3 aromatic rings. The van der Waals surface area contributed by atoms with Crippen LogP contribution in [0.25, 0.3) is 11.6 Å². The van der Waals surface area contributed by atoms with Crippen molar-refractivity contribution in [1.82, 2.24) is 30.0 Å².